The van der Waals surface area contributed by atoms with Crippen LogP contribution < -0.4 is 28.3 Å². The van der Waals surface area contributed by atoms with Crippen LogP contribution in [-0.4, -0.2) is 159 Å². The third-order valence-corrected chi connectivity index (χ3v) is 7.34. The van der Waals surface area contributed by atoms with E-state index in [1.165, 1.54) is 14.0 Å². The average molecular weight is 582 g/mol. The van der Waals surface area contributed by atoms with Gasteiger partial charge in [-0.15, -0.1) is 0 Å². The Hall–Kier alpha value is -2.27. The normalized spacial score (nSPS) is 47.4. The maximum absolute atomic E-state index is 12.1. The van der Waals surface area contributed by atoms with Gasteiger partial charge >= 0.3 is 0 Å². The summed E-state index contributed by atoms with van der Waals surface area (Å²) in [5.41, 5.74) is 19.4. The number of aliphatic hydroxyl groups is 7. The molecule has 0 aromatic heterocycles. The van der Waals surface area contributed by atoms with Gasteiger partial charge in [0.25, 0.3) is 0 Å². The summed E-state index contributed by atoms with van der Waals surface area (Å²) in [5, 5.41) is 76.6. The SMILES string of the molecule is CN[C@@H]1[C@H](O[C@@H]2[C@@H](O[C@@H]3[C@@H](O)[C@H](O)[C@H](N=C(N)N)[C@H](O)[C@@H]3N=C(N)N)O[C@H](C)[C@]2(O)C=O)O[C@@H](CO)[C@@H](O)[C@H]1O. The number of hydrogen-bond acceptors (Lipinski definition) is 15. The van der Waals surface area contributed by atoms with Gasteiger partial charge in [0.2, 0.25) is 0 Å². The maximum atomic E-state index is 12.1. The molecule has 1 saturated carbocycles. The highest BCUT2D eigenvalue weighted by Gasteiger charge is 2.60. The van der Waals surface area contributed by atoms with Crippen LogP contribution in [0.5, 0.6) is 0 Å². The number of nitrogens with one attached hydrogen (secondary N) is 1. The molecule has 0 aromatic rings. The Morgan fingerprint density at radius 2 is 1.50 bits per heavy atom. The molecule has 0 unspecified atom stereocenters. The van der Waals surface area contributed by atoms with Gasteiger partial charge in [-0.1, -0.05) is 0 Å². The minimum Gasteiger partial charge on any atom is -0.394 e. The lowest BCUT2D eigenvalue weighted by molar-refractivity contribution is -0.314. The number of guanidine groups is 2. The summed E-state index contributed by atoms with van der Waals surface area (Å²) < 4.78 is 22.9. The number of nitrogens with two attached hydrogens (primary N) is 4. The van der Waals surface area contributed by atoms with Gasteiger partial charge in [-0.25, -0.2) is 9.98 Å². The van der Waals surface area contributed by atoms with Crippen LogP contribution in [0, 0.1) is 0 Å². The van der Waals surface area contributed by atoms with Gasteiger partial charge in [0, 0.05) is 0 Å². The molecular weight excluding hydrogens is 542 g/mol. The van der Waals surface area contributed by atoms with E-state index in [2.05, 4.69) is 15.3 Å². The van der Waals surface area contributed by atoms with Crippen molar-refractivity contribution >= 4 is 18.2 Å². The molecule has 230 valence electrons. The zero-order valence-electron chi connectivity index (χ0n) is 21.7. The smallest absolute Gasteiger partial charge is 0.188 e. The number of aliphatic hydroxyl groups excluding tert-OH is 6. The van der Waals surface area contributed by atoms with Gasteiger partial charge < -0.3 is 82.9 Å². The molecule has 0 radical (unpaired) electrons. The number of likely N-dealkylation sites (N-methyl/N-ethyl adjacent to an activating group) is 1. The Balaban J connectivity index is 1.96. The summed E-state index contributed by atoms with van der Waals surface area (Å²) in [6.45, 7) is 0.620. The fraction of sp³-hybridized carbons (Fsp3) is 0.857. The second-order valence-corrected chi connectivity index (χ2v) is 9.89. The first-order valence-electron chi connectivity index (χ1n) is 12.4. The number of nitrogens with zero attached hydrogens (tertiary/aromatic N) is 2. The first-order chi connectivity index (χ1) is 18.7. The Labute approximate surface area is 228 Å². The first kappa shape index (κ1) is 32.2. The van der Waals surface area contributed by atoms with Crippen molar-refractivity contribution in [1.29, 1.82) is 0 Å². The number of rotatable bonds is 9. The minimum atomic E-state index is -2.38. The molecule has 2 aliphatic heterocycles. The standard InChI is InChI=1S/C21H39N7O12/c1-5-21(36,4-30)16(40-17-9(26-2)13(34)10(31)6(3-29)38-17)18(37-5)39-15-8(28-20(24)25)11(32)7(27-19(22)23)12(33)14(15)35/h4-18,26,29,31-36H,3H2,1-2H3,(H4,22,23,27)(H4,24,25,28)/t5-,6+,7-,8+,9+,10-,11+,12-,13+,14+,15+,16-,17+,18-,21-/m1/s1. The maximum Gasteiger partial charge on any atom is 0.188 e. The van der Waals surface area contributed by atoms with Gasteiger partial charge in [0.1, 0.15) is 60.9 Å². The van der Waals surface area contributed by atoms with Crippen LogP contribution in [0.3, 0.4) is 0 Å². The largest absolute Gasteiger partial charge is 0.394 e. The first-order valence-corrected chi connectivity index (χ1v) is 12.4. The summed E-state index contributed by atoms with van der Waals surface area (Å²) in [7, 11) is 1.42. The van der Waals surface area contributed by atoms with Gasteiger partial charge in [-0.3, -0.25) is 4.79 Å². The Kier molecular flexibility index (Phi) is 10.2. The molecule has 15 atom stereocenters. The lowest BCUT2D eigenvalue weighted by atomic mass is 9.81. The molecule has 0 spiro atoms. The lowest BCUT2D eigenvalue weighted by Crippen LogP contribution is -2.66. The Bertz CT molecular complexity index is 940. The Morgan fingerprint density at radius 3 is 2.02 bits per heavy atom. The molecule has 19 heteroatoms. The molecule has 16 N–H and O–H groups in total. The van der Waals surface area contributed by atoms with E-state index >= 15 is 0 Å². The van der Waals surface area contributed by atoms with E-state index in [-0.39, 0.29) is 6.29 Å². The number of carbonyl (C=O) groups excluding carboxylic acids is 1. The third kappa shape index (κ3) is 6.00. The van der Waals surface area contributed by atoms with Crippen molar-refractivity contribution < 1.29 is 59.5 Å². The molecule has 3 rings (SSSR count). The summed E-state index contributed by atoms with van der Waals surface area (Å²) in [6, 6.07) is -4.08. The van der Waals surface area contributed by atoms with Crippen LogP contribution in [-0.2, 0) is 23.7 Å². The number of aldehydes is 1. The van der Waals surface area contributed by atoms with Gasteiger partial charge in [0.05, 0.1) is 18.8 Å². The molecule has 2 heterocycles. The van der Waals surface area contributed by atoms with Crippen LogP contribution in [0.4, 0.5) is 0 Å². The Morgan fingerprint density at radius 1 is 0.900 bits per heavy atom. The fourth-order valence-electron chi connectivity index (χ4n) is 5.08. The molecule has 0 bridgehead atoms. The average Bonchev–Trinajstić information content (AvgIpc) is 3.13. The van der Waals surface area contributed by atoms with Gasteiger partial charge in [-0.05, 0) is 14.0 Å². The van der Waals surface area contributed by atoms with E-state index in [0.717, 1.165) is 0 Å². The van der Waals surface area contributed by atoms with Crippen molar-refractivity contribution in [2.24, 2.45) is 32.9 Å². The second kappa shape index (κ2) is 12.7. The summed E-state index contributed by atoms with van der Waals surface area (Å²) >= 11 is 0. The predicted molar refractivity (Wildman–Crippen MR) is 133 cm³/mol. The molecule has 0 aromatic carbocycles. The van der Waals surface area contributed by atoms with Crippen molar-refractivity contribution in [2.75, 3.05) is 13.7 Å². The molecule has 0 amide bonds. The highest BCUT2D eigenvalue weighted by atomic mass is 16.8. The van der Waals surface area contributed by atoms with Crippen molar-refractivity contribution in [2.45, 2.75) is 98.2 Å². The summed E-state index contributed by atoms with van der Waals surface area (Å²) in [6.07, 6.45) is -17.3. The van der Waals surface area contributed by atoms with E-state index in [4.69, 9.17) is 41.9 Å². The predicted octanol–water partition coefficient (Wildman–Crippen LogP) is -8.16. The topological polar surface area (TPSA) is 336 Å². The molecule has 40 heavy (non-hydrogen) atoms. The zero-order valence-corrected chi connectivity index (χ0v) is 21.7. The van der Waals surface area contributed by atoms with Crippen LogP contribution in [0.25, 0.3) is 0 Å². The van der Waals surface area contributed by atoms with Crippen molar-refractivity contribution in [3.05, 3.63) is 0 Å². The minimum absolute atomic E-state index is 0.140. The summed E-state index contributed by atoms with van der Waals surface area (Å²) in [4.78, 5) is 19.7. The zero-order chi connectivity index (χ0) is 30.1. The van der Waals surface area contributed by atoms with E-state index < -0.39 is 110 Å². The van der Waals surface area contributed by atoms with E-state index in [9.17, 15) is 40.5 Å². The third-order valence-electron chi connectivity index (χ3n) is 7.34. The number of aliphatic imine (C=N–C) groups is 2. The van der Waals surface area contributed by atoms with Crippen LogP contribution in [0.1, 0.15) is 6.92 Å². The quantitative estimate of drug-likeness (QED) is 0.0682. The fourth-order valence-corrected chi connectivity index (χ4v) is 5.08. The van der Waals surface area contributed by atoms with E-state index in [0.29, 0.717) is 0 Å². The van der Waals surface area contributed by atoms with Gasteiger partial charge in [0.15, 0.2) is 36.4 Å². The molecule has 2 saturated heterocycles. The number of ether oxygens (including phenoxy) is 4. The monoisotopic (exact) mass is 581 g/mol. The van der Waals surface area contributed by atoms with Crippen molar-refractivity contribution in [3.8, 4) is 0 Å². The summed E-state index contributed by atoms with van der Waals surface area (Å²) in [5.74, 6) is -1.03. The van der Waals surface area contributed by atoms with Crippen molar-refractivity contribution in [3.63, 3.8) is 0 Å². The van der Waals surface area contributed by atoms with E-state index in [1.54, 1.807) is 0 Å². The van der Waals surface area contributed by atoms with Crippen LogP contribution in [0.2, 0.25) is 0 Å². The van der Waals surface area contributed by atoms with Crippen molar-refractivity contribution in [1.82, 2.24) is 5.32 Å². The second-order valence-electron chi connectivity index (χ2n) is 9.89. The number of hydrogen-bond donors (Lipinski definition) is 12. The van der Waals surface area contributed by atoms with Gasteiger partial charge in [-0.2, -0.15) is 0 Å². The number of carbonyl (C=O) groups is 1. The van der Waals surface area contributed by atoms with Crippen LogP contribution >= 0.6 is 0 Å². The molecular formula is C21H39N7O12. The molecule has 3 fully saturated rings. The van der Waals surface area contributed by atoms with Crippen LogP contribution in [0.15, 0.2) is 9.98 Å². The highest BCUT2D eigenvalue weighted by molar-refractivity contribution is 5.76. The molecule has 3 aliphatic rings. The molecule has 19 nitrogen and oxygen atoms in total. The highest BCUT2D eigenvalue weighted by Crippen LogP contribution is 2.38. The molecule has 1 aliphatic carbocycles. The van der Waals surface area contributed by atoms with E-state index in [1.807, 2.05) is 0 Å². The lowest BCUT2D eigenvalue weighted by Gasteiger charge is -2.45.